The summed E-state index contributed by atoms with van der Waals surface area (Å²) in [6.45, 7) is 26.0. The van der Waals surface area contributed by atoms with Gasteiger partial charge in [-0.15, -0.1) is 0 Å². The van der Waals surface area contributed by atoms with Crippen LogP contribution in [0.4, 0.5) is 0 Å². The summed E-state index contributed by atoms with van der Waals surface area (Å²) in [4.78, 5) is 0.518. The van der Waals surface area contributed by atoms with E-state index in [4.69, 9.17) is 13.6 Å². The van der Waals surface area contributed by atoms with Gasteiger partial charge in [-0.1, -0.05) is 41.5 Å². The van der Waals surface area contributed by atoms with Gasteiger partial charge in [-0.3, -0.25) is 8.71 Å². The first kappa shape index (κ1) is 25.6. The zero-order valence-corrected chi connectivity index (χ0v) is 22.8. The maximum atomic E-state index is 13.6. The SMILES string of the molecule is CC(C)n1cc(S(N)(=O)=N[Si](C)(C)C(C)(C)C)c(CO[Si](C)(C)C(C)(C)C)n1. The van der Waals surface area contributed by atoms with Gasteiger partial charge in [0.15, 0.2) is 16.6 Å². The third-order valence-corrected chi connectivity index (χ3v) is 18.2. The van der Waals surface area contributed by atoms with Gasteiger partial charge in [-0.25, -0.2) is 9.35 Å². The van der Waals surface area contributed by atoms with Crippen LogP contribution in [0.5, 0.6) is 0 Å². The largest absolute Gasteiger partial charge is 0.411 e. The van der Waals surface area contributed by atoms with Crippen molar-refractivity contribution in [1.29, 1.82) is 0 Å². The second kappa shape index (κ2) is 7.98. The van der Waals surface area contributed by atoms with Crippen LogP contribution in [0.3, 0.4) is 0 Å². The second-order valence-corrected chi connectivity index (χ2v) is 22.8. The molecular formula is C19H42N4O2SSi2. The van der Waals surface area contributed by atoms with Crippen LogP contribution in [0.2, 0.25) is 36.3 Å². The van der Waals surface area contributed by atoms with Crippen LogP contribution < -0.4 is 5.14 Å². The van der Waals surface area contributed by atoms with Crippen LogP contribution in [0, 0.1) is 0 Å². The van der Waals surface area contributed by atoms with Crippen LogP contribution in [0.25, 0.3) is 0 Å². The molecule has 1 aromatic heterocycles. The molecule has 2 N–H and O–H groups in total. The summed E-state index contributed by atoms with van der Waals surface area (Å²) in [5, 5.41) is 11.1. The highest BCUT2D eigenvalue weighted by molar-refractivity contribution is 7.92. The van der Waals surface area contributed by atoms with Crippen molar-refractivity contribution in [2.45, 2.75) is 109 Å². The molecule has 0 fully saturated rings. The van der Waals surface area contributed by atoms with E-state index in [2.05, 4.69) is 72.8 Å². The zero-order chi connectivity index (χ0) is 22.3. The first-order valence-electron chi connectivity index (χ1n) is 9.99. The molecule has 0 saturated carbocycles. The van der Waals surface area contributed by atoms with Gasteiger partial charge in [0.1, 0.15) is 20.5 Å². The molecule has 164 valence electrons. The Hall–Kier alpha value is -0.486. The molecule has 0 saturated heterocycles. The van der Waals surface area contributed by atoms with Crippen LogP contribution >= 0.6 is 0 Å². The molecule has 1 unspecified atom stereocenters. The lowest BCUT2D eigenvalue weighted by molar-refractivity contribution is 0.267. The highest BCUT2D eigenvalue weighted by Gasteiger charge is 2.39. The van der Waals surface area contributed by atoms with E-state index < -0.39 is 26.5 Å². The number of hydrogen-bond donors (Lipinski definition) is 1. The molecule has 0 radical (unpaired) electrons. The molecule has 9 heteroatoms. The lowest BCUT2D eigenvalue weighted by atomic mass is 10.2. The van der Waals surface area contributed by atoms with Gasteiger partial charge in [0.25, 0.3) is 0 Å². The van der Waals surface area contributed by atoms with E-state index in [0.717, 1.165) is 0 Å². The third kappa shape index (κ3) is 5.78. The number of nitrogens with zero attached hydrogens (tertiary/aromatic N) is 3. The minimum atomic E-state index is -3.06. The van der Waals surface area contributed by atoms with Crippen LogP contribution in [-0.2, 0) is 20.9 Å². The molecule has 0 bridgehead atoms. The summed E-state index contributed by atoms with van der Waals surface area (Å²) < 4.78 is 26.5. The summed E-state index contributed by atoms with van der Waals surface area (Å²) in [6, 6.07) is 0.142. The van der Waals surface area contributed by atoms with Crippen LogP contribution in [0.1, 0.15) is 67.1 Å². The Kier molecular flexibility index (Phi) is 7.28. The number of rotatable bonds is 6. The number of hydrogen-bond acceptors (Lipinski definition) is 4. The third-order valence-electron chi connectivity index (χ3n) is 6.19. The highest BCUT2D eigenvalue weighted by atomic mass is 32.2. The van der Waals surface area contributed by atoms with Gasteiger partial charge in [0.2, 0.25) is 0 Å². The first-order chi connectivity index (χ1) is 12.2. The van der Waals surface area contributed by atoms with E-state index in [1.165, 1.54) is 0 Å². The first-order valence-corrected chi connectivity index (χ1v) is 17.4. The van der Waals surface area contributed by atoms with Gasteiger partial charge in [-0.2, -0.15) is 5.10 Å². The monoisotopic (exact) mass is 446 g/mol. The molecule has 0 aromatic carbocycles. The van der Waals surface area contributed by atoms with Crippen molar-refractivity contribution >= 4 is 26.5 Å². The molecule has 28 heavy (non-hydrogen) atoms. The van der Waals surface area contributed by atoms with E-state index in [1.807, 2.05) is 18.5 Å². The summed E-state index contributed by atoms with van der Waals surface area (Å²) >= 11 is 0. The molecule has 1 atom stereocenters. The Balaban J connectivity index is 3.46. The maximum absolute atomic E-state index is 13.6. The Morgan fingerprint density at radius 1 is 1.14 bits per heavy atom. The Morgan fingerprint density at radius 3 is 2.04 bits per heavy atom. The Bertz CT molecular complexity index is 809. The van der Waals surface area contributed by atoms with Crippen molar-refractivity contribution in [2.24, 2.45) is 9.17 Å². The second-order valence-electron chi connectivity index (χ2n) is 11.0. The highest BCUT2D eigenvalue weighted by Crippen LogP contribution is 2.39. The van der Waals surface area contributed by atoms with E-state index in [-0.39, 0.29) is 16.1 Å². The van der Waals surface area contributed by atoms with Crippen molar-refractivity contribution in [3.05, 3.63) is 11.9 Å². The van der Waals surface area contributed by atoms with Crippen molar-refractivity contribution < 1.29 is 8.63 Å². The molecule has 1 aromatic rings. The topological polar surface area (TPSA) is 82.5 Å². The molecular weight excluding hydrogens is 404 g/mol. The van der Waals surface area contributed by atoms with Gasteiger partial charge in [0.05, 0.1) is 6.61 Å². The zero-order valence-electron chi connectivity index (χ0n) is 20.0. The average molecular weight is 447 g/mol. The standard InChI is InChI=1S/C19H42N4O2SSi2/c1-15(2)23-13-17(26(20,24)22-27(9,10)18(3,4)5)16(21-23)14-25-28(11,12)19(6,7)8/h13,15H,14H2,1-12H3,(H2,20,22,24). The predicted molar refractivity (Wildman–Crippen MR) is 125 cm³/mol. The summed E-state index contributed by atoms with van der Waals surface area (Å²) in [5.74, 6) is 0. The fourth-order valence-electron chi connectivity index (χ4n) is 2.01. The van der Waals surface area contributed by atoms with Gasteiger partial charge < -0.3 is 4.43 Å². The summed E-state index contributed by atoms with van der Waals surface area (Å²) in [7, 11) is -7.23. The predicted octanol–water partition coefficient (Wildman–Crippen LogP) is 5.69. The maximum Gasteiger partial charge on any atom is 0.195 e. The molecule has 0 aliphatic carbocycles. The Labute approximate surface area is 175 Å². The lowest BCUT2D eigenvalue weighted by Gasteiger charge is -2.36. The van der Waals surface area contributed by atoms with E-state index in [9.17, 15) is 4.21 Å². The Morgan fingerprint density at radius 2 is 1.64 bits per heavy atom. The summed E-state index contributed by atoms with van der Waals surface area (Å²) in [6.07, 6.45) is 1.80. The van der Waals surface area contributed by atoms with Crippen LogP contribution in [-0.4, -0.2) is 30.5 Å². The number of nitrogens with two attached hydrogens (primary N) is 1. The molecule has 0 amide bonds. The molecule has 1 heterocycles. The molecule has 6 nitrogen and oxygen atoms in total. The molecule has 0 aliphatic rings. The minimum Gasteiger partial charge on any atom is -0.411 e. The molecule has 1 rings (SSSR count). The molecule has 0 spiro atoms. The lowest BCUT2D eigenvalue weighted by Crippen LogP contribution is -2.40. The quantitative estimate of drug-likeness (QED) is 0.570. The van der Waals surface area contributed by atoms with E-state index in [1.54, 1.807) is 6.20 Å². The summed E-state index contributed by atoms with van der Waals surface area (Å²) in [5.41, 5.74) is 0.647. The fraction of sp³-hybridized carbons (Fsp3) is 0.842. The number of aromatic nitrogens is 2. The van der Waals surface area contributed by atoms with Gasteiger partial charge in [-0.05, 0) is 50.1 Å². The smallest absolute Gasteiger partial charge is 0.195 e. The van der Waals surface area contributed by atoms with Crippen LogP contribution in [0.15, 0.2) is 15.1 Å². The van der Waals surface area contributed by atoms with Gasteiger partial charge in [0, 0.05) is 12.2 Å². The molecule has 0 aliphatic heterocycles. The van der Waals surface area contributed by atoms with Crippen molar-refractivity contribution in [3.8, 4) is 0 Å². The van der Waals surface area contributed by atoms with Crippen molar-refractivity contribution in [2.75, 3.05) is 0 Å². The minimum absolute atomic E-state index is 0.0408. The normalized spacial score (nSPS) is 16.4. The van der Waals surface area contributed by atoms with Crippen molar-refractivity contribution in [3.63, 3.8) is 0 Å². The fourth-order valence-corrected chi connectivity index (χ4v) is 7.84. The van der Waals surface area contributed by atoms with E-state index >= 15 is 0 Å². The van der Waals surface area contributed by atoms with E-state index in [0.29, 0.717) is 17.2 Å². The van der Waals surface area contributed by atoms with Crippen molar-refractivity contribution in [1.82, 2.24) is 9.78 Å². The average Bonchev–Trinajstić information content (AvgIpc) is 2.87. The van der Waals surface area contributed by atoms with Gasteiger partial charge >= 0.3 is 0 Å².